The van der Waals surface area contributed by atoms with Crippen molar-refractivity contribution in [2.45, 2.75) is 44.9 Å². The van der Waals surface area contributed by atoms with E-state index in [9.17, 15) is 13.2 Å². The molecule has 0 aromatic heterocycles. The first-order valence-corrected chi connectivity index (χ1v) is 11.6. The zero-order chi connectivity index (χ0) is 22.4. The fourth-order valence-corrected chi connectivity index (χ4v) is 3.50. The predicted octanol–water partition coefficient (Wildman–Crippen LogP) is 3.46. The van der Waals surface area contributed by atoms with E-state index in [-0.39, 0.29) is 11.7 Å². The maximum absolute atomic E-state index is 12.0. The smallest absolute Gasteiger partial charge is 0.264 e. The topological polar surface area (TPSA) is 111 Å². The highest BCUT2D eigenvalue weighted by molar-refractivity contribution is 7.85. The summed E-state index contributed by atoms with van der Waals surface area (Å²) in [7, 11) is 0.779. The van der Waals surface area contributed by atoms with Crippen LogP contribution < -0.4 is 19.5 Å². The molecule has 0 bridgehead atoms. The highest BCUT2D eigenvalue weighted by Crippen LogP contribution is 2.38. The first kappa shape index (κ1) is 25.8. The molecule has 0 aliphatic rings. The molecule has 1 aromatic rings. The van der Waals surface area contributed by atoms with Gasteiger partial charge in [0.05, 0.1) is 27.1 Å². The Labute approximate surface area is 179 Å². The molecule has 0 unspecified atom stereocenters. The van der Waals surface area contributed by atoms with E-state index in [1.807, 2.05) is 0 Å². The Morgan fingerprint density at radius 3 is 1.97 bits per heavy atom. The molecular weight excluding hydrogens is 410 g/mol. The lowest BCUT2D eigenvalue weighted by atomic mass is 10.1. The molecule has 2 N–H and O–H groups in total. The van der Waals surface area contributed by atoms with Crippen LogP contribution in [-0.2, 0) is 14.9 Å². The molecule has 1 rings (SSSR count). The number of amides is 1. The van der Waals surface area contributed by atoms with Crippen molar-refractivity contribution in [3.05, 3.63) is 23.8 Å². The lowest BCUT2D eigenvalue weighted by Gasteiger charge is -2.12. The highest BCUT2D eigenvalue weighted by atomic mass is 32.2. The molecule has 0 fully saturated rings. The molecule has 8 nitrogen and oxygen atoms in total. The van der Waals surface area contributed by atoms with Crippen molar-refractivity contribution in [3.8, 4) is 17.2 Å². The minimum atomic E-state index is -3.83. The van der Waals surface area contributed by atoms with Crippen LogP contribution in [0.2, 0.25) is 0 Å². The molecule has 0 aliphatic carbocycles. The standard InChI is InChI=1S/C21H33NO7S/c1-27-18-15-17(16-19(28-2)21(18)29-3)11-12-20(23)22-13-9-7-5-4-6-8-10-14-30(24,25)26/h11-12,15-16H,4-10,13-14H2,1-3H3,(H,22,23)(H,24,25,26)/b12-11+. The summed E-state index contributed by atoms with van der Waals surface area (Å²) in [4.78, 5) is 12.0. The van der Waals surface area contributed by atoms with Gasteiger partial charge in [-0.15, -0.1) is 0 Å². The molecule has 0 heterocycles. The van der Waals surface area contributed by atoms with E-state index < -0.39 is 10.1 Å². The summed E-state index contributed by atoms with van der Waals surface area (Å²) in [5.41, 5.74) is 0.758. The third-order valence-electron chi connectivity index (χ3n) is 4.49. The van der Waals surface area contributed by atoms with Gasteiger partial charge in [0.25, 0.3) is 10.1 Å². The molecule has 30 heavy (non-hydrogen) atoms. The SMILES string of the molecule is COc1cc(/C=C/C(=O)NCCCCCCCCCS(=O)(=O)O)cc(OC)c1OC. The summed E-state index contributed by atoms with van der Waals surface area (Å²) in [5, 5.41) is 2.85. The molecule has 0 radical (unpaired) electrons. The lowest BCUT2D eigenvalue weighted by Crippen LogP contribution is -2.21. The van der Waals surface area contributed by atoms with E-state index in [4.69, 9.17) is 18.8 Å². The molecule has 9 heteroatoms. The Bertz CT molecular complexity index is 766. The molecular formula is C21H33NO7S. The predicted molar refractivity (Wildman–Crippen MR) is 117 cm³/mol. The minimum Gasteiger partial charge on any atom is -0.493 e. The second-order valence-electron chi connectivity index (χ2n) is 6.84. The fourth-order valence-electron chi connectivity index (χ4n) is 2.93. The Balaban J connectivity index is 2.26. The maximum atomic E-state index is 12.0. The molecule has 0 atom stereocenters. The Morgan fingerprint density at radius 2 is 1.47 bits per heavy atom. The van der Waals surface area contributed by atoms with Crippen molar-refractivity contribution >= 4 is 22.1 Å². The third kappa shape index (κ3) is 10.5. The number of methoxy groups -OCH3 is 3. The van der Waals surface area contributed by atoms with Gasteiger partial charge in [0, 0.05) is 12.6 Å². The highest BCUT2D eigenvalue weighted by Gasteiger charge is 2.12. The van der Waals surface area contributed by atoms with Gasteiger partial charge in [0.15, 0.2) is 11.5 Å². The molecule has 0 aliphatic heterocycles. The number of rotatable bonds is 15. The Kier molecular flexibility index (Phi) is 11.9. The average Bonchev–Trinajstić information content (AvgIpc) is 2.71. The summed E-state index contributed by atoms with van der Waals surface area (Å²) in [6.45, 7) is 0.598. The van der Waals surface area contributed by atoms with E-state index in [2.05, 4.69) is 5.32 Å². The second-order valence-corrected chi connectivity index (χ2v) is 8.42. The Hall–Kier alpha value is -2.26. The van der Waals surface area contributed by atoms with Crippen molar-refractivity contribution in [2.24, 2.45) is 0 Å². The van der Waals surface area contributed by atoms with Gasteiger partial charge in [0.1, 0.15) is 0 Å². The normalized spacial score (nSPS) is 11.5. The van der Waals surface area contributed by atoms with Crippen molar-refractivity contribution in [2.75, 3.05) is 33.6 Å². The van der Waals surface area contributed by atoms with Gasteiger partial charge < -0.3 is 19.5 Å². The zero-order valence-corrected chi connectivity index (χ0v) is 18.8. The Morgan fingerprint density at radius 1 is 0.933 bits per heavy atom. The van der Waals surface area contributed by atoms with Crippen LogP contribution in [0.25, 0.3) is 6.08 Å². The van der Waals surface area contributed by atoms with Crippen molar-refractivity contribution in [1.82, 2.24) is 5.32 Å². The van der Waals surface area contributed by atoms with Crippen LogP contribution >= 0.6 is 0 Å². The van der Waals surface area contributed by atoms with Crippen LogP contribution in [0.4, 0.5) is 0 Å². The van der Waals surface area contributed by atoms with Crippen molar-refractivity contribution < 1.29 is 32.0 Å². The number of hydrogen-bond acceptors (Lipinski definition) is 6. The van der Waals surface area contributed by atoms with Crippen LogP contribution in [0.3, 0.4) is 0 Å². The third-order valence-corrected chi connectivity index (χ3v) is 5.30. The van der Waals surface area contributed by atoms with Gasteiger partial charge >= 0.3 is 0 Å². The van der Waals surface area contributed by atoms with Gasteiger partial charge in [-0.05, 0) is 36.6 Å². The number of carbonyl (C=O) groups is 1. The van der Waals surface area contributed by atoms with Gasteiger partial charge in [0.2, 0.25) is 11.7 Å². The number of carbonyl (C=O) groups excluding carboxylic acids is 1. The summed E-state index contributed by atoms with van der Waals surface area (Å²) in [6.07, 6.45) is 9.31. The summed E-state index contributed by atoms with van der Waals surface area (Å²) in [5.74, 6) is 1.21. The van der Waals surface area contributed by atoms with Gasteiger partial charge in [-0.25, -0.2) is 0 Å². The van der Waals surface area contributed by atoms with Gasteiger partial charge in [-0.1, -0.05) is 32.1 Å². The average molecular weight is 444 g/mol. The van der Waals surface area contributed by atoms with Crippen molar-refractivity contribution in [1.29, 1.82) is 0 Å². The number of benzene rings is 1. The van der Waals surface area contributed by atoms with Crippen LogP contribution in [0, 0.1) is 0 Å². The minimum absolute atomic E-state index is 0.164. The molecule has 0 saturated heterocycles. The summed E-state index contributed by atoms with van der Waals surface area (Å²) < 4.78 is 45.7. The monoisotopic (exact) mass is 443 g/mol. The van der Waals surface area contributed by atoms with Gasteiger partial charge in [-0.2, -0.15) is 8.42 Å². The van der Waals surface area contributed by atoms with Crippen LogP contribution in [0.5, 0.6) is 17.2 Å². The first-order chi connectivity index (χ1) is 14.3. The molecule has 1 aromatic carbocycles. The van der Waals surface area contributed by atoms with Crippen LogP contribution in [-0.4, -0.2) is 52.5 Å². The number of ether oxygens (including phenoxy) is 3. The zero-order valence-electron chi connectivity index (χ0n) is 18.0. The van der Waals surface area contributed by atoms with Crippen LogP contribution in [0.15, 0.2) is 18.2 Å². The fraction of sp³-hybridized carbons (Fsp3) is 0.571. The van der Waals surface area contributed by atoms with E-state index in [0.29, 0.717) is 30.2 Å². The molecule has 170 valence electrons. The molecule has 0 spiro atoms. The van der Waals surface area contributed by atoms with E-state index in [0.717, 1.165) is 44.1 Å². The van der Waals surface area contributed by atoms with E-state index in [1.165, 1.54) is 27.4 Å². The summed E-state index contributed by atoms with van der Waals surface area (Å²) >= 11 is 0. The number of hydrogen-bond donors (Lipinski definition) is 2. The maximum Gasteiger partial charge on any atom is 0.264 e. The van der Waals surface area contributed by atoms with Crippen LogP contribution in [0.1, 0.15) is 50.5 Å². The lowest BCUT2D eigenvalue weighted by molar-refractivity contribution is -0.116. The van der Waals surface area contributed by atoms with Gasteiger partial charge in [-0.3, -0.25) is 9.35 Å². The van der Waals surface area contributed by atoms with Crippen molar-refractivity contribution in [3.63, 3.8) is 0 Å². The van der Waals surface area contributed by atoms with E-state index in [1.54, 1.807) is 18.2 Å². The molecule has 1 amide bonds. The molecule has 0 saturated carbocycles. The number of unbranched alkanes of at least 4 members (excludes halogenated alkanes) is 6. The largest absolute Gasteiger partial charge is 0.493 e. The number of nitrogens with one attached hydrogen (secondary N) is 1. The van der Waals surface area contributed by atoms with E-state index >= 15 is 0 Å². The quantitative estimate of drug-likeness (QED) is 0.243. The first-order valence-electron chi connectivity index (χ1n) is 10.0. The second kappa shape index (κ2) is 13.9. The summed E-state index contributed by atoms with van der Waals surface area (Å²) in [6, 6.07) is 3.53.